The van der Waals surface area contributed by atoms with E-state index in [9.17, 15) is 9.59 Å². The Bertz CT molecular complexity index is 480. The van der Waals surface area contributed by atoms with Crippen molar-refractivity contribution in [2.75, 3.05) is 0 Å². The zero-order valence-corrected chi connectivity index (χ0v) is 11.0. The Balaban J connectivity index is 2.62. The summed E-state index contributed by atoms with van der Waals surface area (Å²) in [4.78, 5) is 21.4. The van der Waals surface area contributed by atoms with Crippen LogP contribution in [0.1, 0.15) is 20.8 Å². The Morgan fingerprint density at radius 2 is 1.58 bits per heavy atom. The molecule has 0 unspecified atom stereocenters. The van der Waals surface area contributed by atoms with Crippen molar-refractivity contribution >= 4 is 11.9 Å². The molecule has 0 heterocycles. The summed E-state index contributed by atoms with van der Waals surface area (Å²) in [7, 11) is 0. The summed E-state index contributed by atoms with van der Waals surface area (Å²) in [5.41, 5.74) is -0.303. The van der Waals surface area contributed by atoms with Crippen LogP contribution < -0.4 is 9.47 Å². The third-order valence-electron chi connectivity index (χ3n) is 1.83. The lowest BCUT2D eigenvalue weighted by atomic mass is 10.2. The number of aliphatic carboxylic acids is 1. The minimum atomic E-state index is -1.20. The van der Waals surface area contributed by atoms with E-state index in [0.717, 1.165) is 12.2 Å². The summed E-state index contributed by atoms with van der Waals surface area (Å²) in [6.45, 7) is 5.78. The molecule has 0 aromatic heterocycles. The van der Waals surface area contributed by atoms with Crippen LogP contribution in [0.4, 0.5) is 0 Å². The van der Waals surface area contributed by atoms with Gasteiger partial charge < -0.3 is 14.6 Å². The number of carboxylic acid groups (broad SMARTS) is 1. The van der Waals surface area contributed by atoms with Crippen LogP contribution in [0.3, 0.4) is 0 Å². The highest BCUT2D eigenvalue weighted by Crippen LogP contribution is 2.21. The Kier molecular flexibility index (Phi) is 4.69. The van der Waals surface area contributed by atoms with E-state index in [1.807, 2.05) is 20.8 Å². The van der Waals surface area contributed by atoms with Gasteiger partial charge in [-0.1, -0.05) is 0 Å². The molecule has 0 bridgehead atoms. The van der Waals surface area contributed by atoms with Crippen molar-refractivity contribution < 1.29 is 24.2 Å². The highest BCUT2D eigenvalue weighted by Gasteiger charge is 2.11. The Hall–Kier alpha value is -2.30. The number of hydrogen-bond donors (Lipinski definition) is 1. The van der Waals surface area contributed by atoms with E-state index in [0.29, 0.717) is 11.5 Å². The molecule has 1 aromatic carbocycles. The lowest BCUT2D eigenvalue weighted by molar-refractivity contribution is -0.133. The van der Waals surface area contributed by atoms with Crippen LogP contribution in [-0.2, 0) is 9.59 Å². The van der Waals surface area contributed by atoms with Crippen molar-refractivity contribution in [2.45, 2.75) is 26.4 Å². The third-order valence-corrected chi connectivity index (χ3v) is 1.83. The molecule has 0 aliphatic carbocycles. The molecule has 0 radical (unpaired) electrons. The first-order valence-electron chi connectivity index (χ1n) is 5.68. The molecule has 1 aromatic rings. The number of benzene rings is 1. The van der Waals surface area contributed by atoms with Gasteiger partial charge in [0.15, 0.2) is 0 Å². The molecule has 19 heavy (non-hydrogen) atoms. The Morgan fingerprint density at radius 1 is 1.05 bits per heavy atom. The summed E-state index contributed by atoms with van der Waals surface area (Å²) < 4.78 is 10.5. The molecule has 1 rings (SSSR count). The van der Waals surface area contributed by atoms with E-state index >= 15 is 0 Å². The second-order valence-corrected chi connectivity index (χ2v) is 4.78. The quantitative estimate of drug-likeness (QED) is 0.513. The van der Waals surface area contributed by atoms with Gasteiger partial charge in [0.05, 0.1) is 0 Å². The predicted octanol–water partition coefficient (Wildman–Crippen LogP) is 2.41. The highest BCUT2D eigenvalue weighted by atomic mass is 16.5. The molecular formula is C14H16O5. The van der Waals surface area contributed by atoms with Crippen molar-refractivity contribution in [1.82, 2.24) is 0 Å². The first kappa shape index (κ1) is 14.8. The minimum Gasteiger partial charge on any atom is -0.488 e. The lowest BCUT2D eigenvalue weighted by Gasteiger charge is -2.21. The van der Waals surface area contributed by atoms with Crippen LogP contribution in [0.2, 0.25) is 0 Å². The van der Waals surface area contributed by atoms with Crippen LogP contribution in [0, 0.1) is 0 Å². The van der Waals surface area contributed by atoms with Crippen LogP contribution in [0.15, 0.2) is 36.4 Å². The van der Waals surface area contributed by atoms with Crippen LogP contribution >= 0.6 is 0 Å². The zero-order valence-electron chi connectivity index (χ0n) is 11.0. The first-order valence-corrected chi connectivity index (χ1v) is 5.68. The van der Waals surface area contributed by atoms with E-state index in [4.69, 9.17) is 14.6 Å². The largest absolute Gasteiger partial charge is 0.488 e. The molecule has 0 saturated heterocycles. The van der Waals surface area contributed by atoms with Crippen LogP contribution in [-0.4, -0.2) is 22.6 Å². The van der Waals surface area contributed by atoms with E-state index in [2.05, 4.69) is 0 Å². The summed E-state index contributed by atoms with van der Waals surface area (Å²) >= 11 is 0. The predicted molar refractivity (Wildman–Crippen MR) is 69.2 cm³/mol. The number of esters is 1. The molecule has 0 saturated carbocycles. The fourth-order valence-corrected chi connectivity index (χ4v) is 1.22. The molecule has 0 spiro atoms. The molecule has 0 aliphatic rings. The van der Waals surface area contributed by atoms with Gasteiger partial charge >= 0.3 is 11.9 Å². The minimum absolute atomic E-state index is 0.303. The first-order chi connectivity index (χ1) is 8.76. The molecule has 0 amide bonds. The van der Waals surface area contributed by atoms with Gasteiger partial charge in [-0.2, -0.15) is 0 Å². The van der Waals surface area contributed by atoms with Gasteiger partial charge in [-0.05, 0) is 45.0 Å². The van der Waals surface area contributed by atoms with Crippen LogP contribution in [0.25, 0.3) is 0 Å². The van der Waals surface area contributed by atoms with Crippen molar-refractivity contribution in [1.29, 1.82) is 0 Å². The van der Waals surface area contributed by atoms with E-state index < -0.39 is 11.9 Å². The number of carbonyl (C=O) groups is 2. The summed E-state index contributed by atoms with van der Waals surface area (Å²) in [5, 5.41) is 8.36. The maximum absolute atomic E-state index is 11.2. The van der Waals surface area contributed by atoms with Gasteiger partial charge in [-0.15, -0.1) is 0 Å². The summed E-state index contributed by atoms with van der Waals surface area (Å²) in [6.07, 6.45) is 1.57. The molecule has 0 fully saturated rings. The normalized spacial score (nSPS) is 11.3. The smallest absolute Gasteiger partial charge is 0.336 e. The van der Waals surface area contributed by atoms with Gasteiger partial charge in [-0.3, -0.25) is 0 Å². The van der Waals surface area contributed by atoms with E-state index in [1.165, 1.54) is 0 Å². The Morgan fingerprint density at radius 3 is 2.05 bits per heavy atom. The summed E-state index contributed by atoms with van der Waals surface area (Å²) in [5.74, 6) is -0.965. The standard InChI is InChI=1S/C14H16O5/c1-14(2,3)19-11-6-4-10(5-7-11)18-13(17)9-8-12(15)16/h4-9H,1-3H3,(H,15,16)/b9-8+. The molecule has 102 valence electrons. The SMILES string of the molecule is CC(C)(C)Oc1ccc(OC(=O)/C=C/C(=O)O)cc1. The Labute approximate surface area is 111 Å². The van der Waals surface area contributed by atoms with E-state index in [-0.39, 0.29) is 5.60 Å². The highest BCUT2D eigenvalue weighted by molar-refractivity contribution is 5.91. The molecule has 0 atom stereocenters. The molecule has 0 aliphatic heterocycles. The van der Waals surface area contributed by atoms with Gasteiger partial charge in [0, 0.05) is 12.2 Å². The number of carboxylic acids is 1. The number of hydrogen-bond acceptors (Lipinski definition) is 4. The maximum atomic E-state index is 11.2. The topological polar surface area (TPSA) is 72.8 Å². The van der Waals surface area contributed by atoms with E-state index in [1.54, 1.807) is 24.3 Å². The lowest BCUT2D eigenvalue weighted by Crippen LogP contribution is -2.22. The zero-order chi connectivity index (χ0) is 14.5. The van der Waals surface area contributed by atoms with Gasteiger partial charge in [-0.25, -0.2) is 9.59 Å². The average Bonchev–Trinajstić information content (AvgIpc) is 2.27. The average molecular weight is 264 g/mol. The van der Waals surface area contributed by atoms with Crippen LogP contribution in [0.5, 0.6) is 11.5 Å². The second-order valence-electron chi connectivity index (χ2n) is 4.78. The molecule has 1 N–H and O–H groups in total. The number of carbonyl (C=O) groups excluding carboxylic acids is 1. The fourth-order valence-electron chi connectivity index (χ4n) is 1.22. The van der Waals surface area contributed by atoms with Gasteiger partial charge in [0.25, 0.3) is 0 Å². The third kappa shape index (κ3) is 6.26. The fraction of sp³-hybridized carbons (Fsp3) is 0.286. The summed E-state index contributed by atoms with van der Waals surface area (Å²) in [6, 6.07) is 6.50. The van der Waals surface area contributed by atoms with Crippen molar-refractivity contribution in [3.63, 3.8) is 0 Å². The van der Waals surface area contributed by atoms with Crippen molar-refractivity contribution in [3.05, 3.63) is 36.4 Å². The molecular weight excluding hydrogens is 248 g/mol. The number of ether oxygens (including phenoxy) is 2. The molecule has 5 heteroatoms. The monoisotopic (exact) mass is 264 g/mol. The van der Waals surface area contributed by atoms with Gasteiger partial charge in [0.1, 0.15) is 17.1 Å². The van der Waals surface area contributed by atoms with Gasteiger partial charge in [0.2, 0.25) is 0 Å². The van der Waals surface area contributed by atoms with Crippen molar-refractivity contribution in [2.24, 2.45) is 0 Å². The maximum Gasteiger partial charge on any atom is 0.336 e. The van der Waals surface area contributed by atoms with Crippen molar-refractivity contribution in [3.8, 4) is 11.5 Å². The molecule has 5 nitrogen and oxygen atoms in total. The second kappa shape index (κ2) is 6.04. The number of rotatable bonds is 4.